The maximum atomic E-state index is 13.1. The Bertz CT molecular complexity index is 1770. The molecular formula is C36H34ClN3O3. The molecule has 218 valence electrons. The highest BCUT2D eigenvalue weighted by Crippen LogP contribution is 2.28. The van der Waals surface area contributed by atoms with Gasteiger partial charge in [0.25, 0.3) is 0 Å². The Morgan fingerprint density at radius 3 is 2.21 bits per heavy atom. The summed E-state index contributed by atoms with van der Waals surface area (Å²) in [5, 5.41) is 14.7. The molecule has 0 atom stereocenters. The smallest absolute Gasteiger partial charge is 0.183 e. The van der Waals surface area contributed by atoms with Gasteiger partial charge in [0, 0.05) is 60.8 Å². The normalized spacial score (nSPS) is 13.8. The van der Waals surface area contributed by atoms with Crippen LogP contribution in [-0.2, 0) is 19.9 Å². The predicted molar refractivity (Wildman–Crippen MR) is 174 cm³/mol. The number of aliphatic hydroxyl groups excluding tert-OH is 1. The first-order valence-corrected chi connectivity index (χ1v) is 15.0. The molecule has 43 heavy (non-hydrogen) atoms. The van der Waals surface area contributed by atoms with Gasteiger partial charge in [0.05, 0.1) is 22.5 Å². The number of fused-ring (bicyclic) bond motifs is 1. The van der Waals surface area contributed by atoms with Crippen molar-refractivity contribution in [1.29, 1.82) is 0 Å². The van der Waals surface area contributed by atoms with Crippen molar-refractivity contribution in [1.82, 2.24) is 4.57 Å². The zero-order chi connectivity index (χ0) is 29.9. The third kappa shape index (κ3) is 6.51. The monoisotopic (exact) mass is 591 g/mol. The summed E-state index contributed by atoms with van der Waals surface area (Å²) in [7, 11) is 1.91. The van der Waals surface area contributed by atoms with E-state index >= 15 is 0 Å². The molecule has 1 aliphatic heterocycles. The molecule has 0 amide bonds. The number of nitrogens with one attached hydrogen (secondary N) is 1. The Hall–Kier alpha value is -4.39. The minimum Gasteiger partial charge on any atom is -0.393 e. The van der Waals surface area contributed by atoms with E-state index in [1.165, 1.54) is 0 Å². The molecule has 7 heteroatoms. The van der Waals surface area contributed by atoms with Crippen molar-refractivity contribution in [2.45, 2.75) is 31.8 Å². The van der Waals surface area contributed by atoms with Crippen LogP contribution in [0.1, 0.15) is 44.8 Å². The SMILES string of the molecule is Cn1c(C(=O)Cc2ccc(Nc3ccc(CC(=O)c4ccc(N5CCC(O)CC5)cc4)cc3)c(Cl)c2)cc2ccccc21. The number of para-hydroxylation sites is 1. The van der Waals surface area contributed by atoms with Gasteiger partial charge in [0.1, 0.15) is 0 Å². The number of benzene rings is 4. The van der Waals surface area contributed by atoms with Crippen molar-refractivity contribution >= 4 is 51.1 Å². The van der Waals surface area contributed by atoms with Gasteiger partial charge in [-0.2, -0.15) is 0 Å². The molecule has 0 spiro atoms. The van der Waals surface area contributed by atoms with E-state index in [1.54, 1.807) is 0 Å². The minimum atomic E-state index is -0.208. The van der Waals surface area contributed by atoms with Crippen molar-refractivity contribution in [3.05, 3.63) is 124 Å². The van der Waals surface area contributed by atoms with E-state index in [9.17, 15) is 14.7 Å². The van der Waals surface area contributed by atoms with E-state index in [1.807, 2.05) is 109 Å². The molecule has 4 aromatic carbocycles. The Morgan fingerprint density at radius 1 is 0.837 bits per heavy atom. The van der Waals surface area contributed by atoms with Crippen LogP contribution < -0.4 is 10.2 Å². The van der Waals surface area contributed by atoms with Crippen LogP contribution in [0, 0.1) is 0 Å². The molecule has 0 radical (unpaired) electrons. The summed E-state index contributed by atoms with van der Waals surface area (Å²) in [6.45, 7) is 1.66. The van der Waals surface area contributed by atoms with Gasteiger partial charge in [-0.05, 0) is 84.6 Å². The number of hydrogen-bond donors (Lipinski definition) is 2. The molecule has 6 rings (SSSR count). The number of nitrogens with zero attached hydrogens (tertiary/aromatic N) is 2. The zero-order valence-corrected chi connectivity index (χ0v) is 24.8. The van der Waals surface area contributed by atoms with Crippen LogP contribution in [0.5, 0.6) is 0 Å². The first-order valence-electron chi connectivity index (χ1n) is 14.6. The maximum Gasteiger partial charge on any atom is 0.183 e. The quantitative estimate of drug-likeness (QED) is 0.175. The molecule has 1 aromatic heterocycles. The van der Waals surface area contributed by atoms with Crippen LogP contribution in [0.3, 0.4) is 0 Å². The zero-order valence-electron chi connectivity index (χ0n) is 24.1. The lowest BCUT2D eigenvalue weighted by Crippen LogP contribution is -2.35. The van der Waals surface area contributed by atoms with Gasteiger partial charge < -0.3 is 19.9 Å². The molecule has 5 aromatic rings. The molecule has 0 saturated carbocycles. The van der Waals surface area contributed by atoms with E-state index in [0.717, 1.165) is 65.0 Å². The number of anilines is 3. The molecule has 1 fully saturated rings. The molecule has 1 aliphatic rings. The van der Waals surface area contributed by atoms with Crippen molar-refractivity contribution in [2.75, 3.05) is 23.3 Å². The highest BCUT2D eigenvalue weighted by molar-refractivity contribution is 6.33. The van der Waals surface area contributed by atoms with Gasteiger partial charge in [-0.1, -0.05) is 48.0 Å². The molecule has 0 unspecified atom stereocenters. The fraction of sp³-hybridized carbons (Fsp3) is 0.222. The lowest BCUT2D eigenvalue weighted by Gasteiger charge is -2.31. The predicted octanol–water partition coefficient (Wildman–Crippen LogP) is 7.39. The number of halogens is 1. The average Bonchev–Trinajstić information content (AvgIpc) is 3.36. The largest absolute Gasteiger partial charge is 0.393 e. The van der Waals surface area contributed by atoms with Crippen LogP contribution in [-0.4, -0.2) is 40.4 Å². The summed E-state index contributed by atoms with van der Waals surface area (Å²) < 4.78 is 1.94. The number of hydrogen-bond acceptors (Lipinski definition) is 5. The second kappa shape index (κ2) is 12.5. The number of Topliss-reactive ketones (excluding diaryl/α,β-unsaturated/α-hetero) is 2. The molecule has 2 heterocycles. The maximum absolute atomic E-state index is 13.1. The highest BCUT2D eigenvalue weighted by Gasteiger charge is 2.18. The number of carbonyl (C=O) groups excluding carboxylic acids is 2. The second-order valence-electron chi connectivity index (χ2n) is 11.2. The van der Waals surface area contributed by atoms with Gasteiger partial charge in [-0.3, -0.25) is 9.59 Å². The summed E-state index contributed by atoms with van der Waals surface area (Å²) in [4.78, 5) is 28.2. The van der Waals surface area contributed by atoms with Gasteiger partial charge in [0.15, 0.2) is 11.6 Å². The van der Waals surface area contributed by atoms with Crippen LogP contribution in [0.25, 0.3) is 10.9 Å². The van der Waals surface area contributed by atoms with Crippen LogP contribution in [0.4, 0.5) is 17.1 Å². The number of aliphatic hydroxyl groups is 1. The topological polar surface area (TPSA) is 74.6 Å². The van der Waals surface area contributed by atoms with Crippen LogP contribution in [0.15, 0.2) is 97.1 Å². The molecule has 0 bridgehead atoms. The summed E-state index contributed by atoms with van der Waals surface area (Å²) in [6.07, 6.45) is 1.92. The fourth-order valence-corrected chi connectivity index (χ4v) is 5.98. The summed E-state index contributed by atoms with van der Waals surface area (Å²) in [5.41, 5.74) is 6.86. The standard InChI is InChI=1S/C36H34ClN3O3/c1-39-33-5-3-2-4-27(33)23-34(39)36(43)22-25-8-15-32(31(37)20-25)38-28-11-6-24(7-12-28)21-35(42)26-9-13-29(14-10-26)40-18-16-30(41)17-19-40/h2-15,20,23,30,38,41H,16-19,21-22H2,1H3. The van der Waals surface area contributed by atoms with E-state index in [4.69, 9.17) is 11.6 Å². The first kappa shape index (κ1) is 28.7. The first-order chi connectivity index (χ1) is 20.8. The van der Waals surface area contributed by atoms with Crippen molar-refractivity contribution in [3.63, 3.8) is 0 Å². The van der Waals surface area contributed by atoms with Crippen molar-refractivity contribution in [3.8, 4) is 0 Å². The summed E-state index contributed by atoms with van der Waals surface area (Å²) in [5.74, 6) is 0.109. The second-order valence-corrected chi connectivity index (χ2v) is 11.7. The molecular weight excluding hydrogens is 558 g/mol. The van der Waals surface area contributed by atoms with Crippen LogP contribution >= 0.6 is 11.6 Å². The van der Waals surface area contributed by atoms with E-state index in [2.05, 4.69) is 10.2 Å². The molecule has 0 aliphatic carbocycles. The Morgan fingerprint density at radius 2 is 1.51 bits per heavy atom. The number of ketones is 2. The van der Waals surface area contributed by atoms with E-state index in [-0.39, 0.29) is 24.1 Å². The lowest BCUT2D eigenvalue weighted by atomic mass is 10.0. The number of aryl methyl sites for hydroxylation is 1. The highest BCUT2D eigenvalue weighted by atomic mass is 35.5. The molecule has 2 N–H and O–H groups in total. The van der Waals surface area contributed by atoms with Crippen LogP contribution in [0.2, 0.25) is 5.02 Å². The minimum absolute atomic E-state index is 0.0410. The molecule has 6 nitrogen and oxygen atoms in total. The number of piperidine rings is 1. The summed E-state index contributed by atoms with van der Waals surface area (Å²) >= 11 is 6.60. The third-order valence-corrected chi connectivity index (χ3v) is 8.56. The van der Waals surface area contributed by atoms with Gasteiger partial charge >= 0.3 is 0 Å². The summed E-state index contributed by atoms with van der Waals surface area (Å²) in [6, 6.07) is 31.1. The Balaban J connectivity index is 1.05. The Labute approximate surface area is 256 Å². The van der Waals surface area contributed by atoms with Crippen molar-refractivity contribution in [2.24, 2.45) is 7.05 Å². The van der Waals surface area contributed by atoms with Gasteiger partial charge in [0.2, 0.25) is 0 Å². The van der Waals surface area contributed by atoms with Gasteiger partial charge in [-0.15, -0.1) is 0 Å². The fourth-order valence-electron chi connectivity index (χ4n) is 5.73. The van der Waals surface area contributed by atoms with Gasteiger partial charge in [-0.25, -0.2) is 0 Å². The van der Waals surface area contributed by atoms with E-state index in [0.29, 0.717) is 22.7 Å². The average molecular weight is 592 g/mol. The number of carbonyl (C=O) groups is 2. The molecule has 1 saturated heterocycles. The number of aromatic nitrogens is 1. The third-order valence-electron chi connectivity index (χ3n) is 8.25. The van der Waals surface area contributed by atoms with Crippen molar-refractivity contribution < 1.29 is 14.7 Å². The lowest BCUT2D eigenvalue weighted by molar-refractivity contribution is 0.0980. The Kier molecular flexibility index (Phi) is 8.32. The number of rotatable bonds is 9. The van der Waals surface area contributed by atoms with E-state index < -0.39 is 0 Å².